The van der Waals surface area contributed by atoms with Crippen molar-refractivity contribution in [3.63, 3.8) is 0 Å². The minimum atomic E-state index is -3.51. The molecule has 0 radical (unpaired) electrons. The standard InChI is InChI=1S/C11H21N3O2S/c1-9(2)11(3,8-12)13-17(15,16)10-5-6-14(4)7-10/h5-7,9,13H,8,12H2,1-4H3. The van der Waals surface area contributed by atoms with Gasteiger partial charge in [0.25, 0.3) is 0 Å². The van der Waals surface area contributed by atoms with Crippen LogP contribution in [0.2, 0.25) is 0 Å². The molecule has 0 fully saturated rings. The van der Waals surface area contributed by atoms with Crippen LogP contribution in [0.3, 0.4) is 0 Å². The van der Waals surface area contributed by atoms with Crippen molar-refractivity contribution in [2.75, 3.05) is 6.54 Å². The number of nitrogens with one attached hydrogen (secondary N) is 1. The van der Waals surface area contributed by atoms with Gasteiger partial charge in [0.15, 0.2) is 0 Å². The van der Waals surface area contributed by atoms with Gasteiger partial charge in [-0.1, -0.05) is 13.8 Å². The molecule has 1 rings (SSSR count). The van der Waals surface area contributed by atoms with Crippen LogP contribution in [0.5, 0.6) is 0 Å². The Hall–Kier alpha value is -0.850. The van der Waals surface area contributed by atoms with Crippen LogP contribution in [0.15, 0.2) is 23.4 Å². The van der Waals surface area contributed by atoms with Gasteiger partial charge in [-0.2, -0.15) is 0 Å². The highest BCUT2D eigenvalue weighted by molar-refractivity contribution is 7.89. The molecule has 6 heteroatoms. The van der Waals surface area contributed by atoms with E-state index in [1.54, 1.807) is 30.1 Å². The second-order valence-corrected chi connectivity index (χ2v) is 6.58. The molecule has 0 aromatic carbocycles. The summed E-state index contributed by atoms with van der Waals surface area (Å²) < 4.78 is 28.7. The minimum absolute atomic E-state index is 0.117. The van der Waals surface area contributed by atoms with Gasteiger partial charge in [-0.15, -0.1) is 0 Å². The Morgan fingerprint density at radius 2 is 2.12 bits per heavy atom. The molecule has 1 aromatic rings. The van der Waals surface area contributed by atoms with E-state index in [2.05, 4.69) is 4.72 Å². The number of sulfonamides is 1. The van der Waals surface area contributed by atoms with E-state index in [4.69, 9.17) is 5.73 Å². The molecule has 3 N–H and O–H groups in total. The van der Waals surface area contributed by atoms with Crippen molar-refractivity contribution < 1.29 is 8.42 Å². The van der Waals surface area contributed by atoms with Gasteiger partial charge in [-0.05, 0) is 18.9 Å². The van der Waals surface area contributed by atoms with Crippen LogP contribution in [0.1, 0.15) is 20.8 Å². The van der Waals surface area contributed by atoms with Crippen molar-refractivity contribution in [1.29, 1.82) is 0 Å². The number of rotatable bonds is 5. The maximum Gasteiger partial charge on any atom is 0.242 e. The van der Waals surface area contributed by atoms with Gasteiger partial charge in [0.1, 0.15) is 0 Å². The summed E-state index contributed by atoms with van der Waals surface area (Å²) in [5.74, 6) is 0.117. The van der Waals surface area contributed by atoms with Crippen LogP contribution in [0.4, 0.5) is 0 Å². The molecule has 0 spiro atoms. The summed E-state index contributed by atoms with van der Waals surface area (Å²) >= 11 is 0. The number of aryl methyl sites for hydroxylation is 1. The van der Waals surface area contributed by atoms with E-state index in [9.17, 15) is 8.42 Å². The summed E-state index contributed by atoms with van der Waals surface area (Å²) in [6.07, 6.45) is 3.27. The molecule has 1 unspecified atom stereocenters. The number of hydrogen-bond acceptors (Lipinski definition) is 3. The average molecular weight is 259 g/mol. The van der Waals surface area contributed by atoms with Gasteiger partial charge in [0, 0.05) is 31.5 Å². The number of nitrogens with zero attached hydrogens (tertiary/aromatic N) is 1. The van der Waals surface area contributed by atoms with Gasteiger partial charge in [-0.3, -0.25) is 0 Å². The molecule has 98 valence electrons. The quantitative estimate of drug-likeness (QED) is 0.816. The molecule has 1 atom stereocenters. The summed E-state index contributed by atoms with van der Waals surface area (Å²) in [4.78, 5) is 0.264. The minimum Gasteiger partial charge on any atom is -0.356 e. The number of hydrogen-bond donors (Lipinski definition) is 2. The van der Waals surface area contributed by atoms with E-state index in [-0.39, 0.29) is 17.4 Å². The van der Waals surface area contributed by atoms with Gasteiger partial charge in [-0.25, -0.2) is 13.1 Å². The first kappa shape index (κ1) is 14.2. The van der Waals surface area contributed by atoms with Crippen LogP contribution in [-0.4, -0.2) is 25.1 Å². The monoisotopic (exact) mass is 259 g/mol. The number of aromatic nitrogens is 1. The summed E-state index contributed by atoms with van der Waals surface area (Å²) in [5, 5.41) is 0. The Morgan fingerprint density at radius 3 is 2.47 bits per heavy atom. The lowest BCUT2D eigenvalue weighted by molar-refractivity contribution is 0.315. The summed E-state index contributed by atoms with van der Waals surface area (Å²) in [6, 6.07) is 1.57. The zero-order valence-corrected chi connectivity index (χ0v) is 11.6. The van der Waals surface area contributed by atoms with Crippen molar-refractivity contribution in [2.24, 2.45) is 18.7 Å². The van der Waals surface area contributed by atoms with Crippen molar-refractivity contribution in [1.82, 2.24) is 9.29 Å². The first-order valence-corrected chi connectivity index (χ1v) is 7.05. The van der Waals surface area contributed by atoms with Gasteiger partial charge >= 0.3 is 0 Å². The van der Waals surface area contributed by atoms with E-state index in [0.29, 0.717) is 0 Å². The fourth-order valence-corrected chi connectivity index (χ4v) is 2.99. The van der Waals surface area contributed by atoms with Crippen LogP contribution in [0.25, 0.3) is 0 Å². The van der Waals surface area contributed by atoms with Crippen molar-refractivity contribution in [3.8, 4) is 0 Å². The summed E-state index contributed by atoms with van der Waals surface area (Å²) in [7, 11) is -1.72. The Labute approximate surface area is 103 Å². The highest BCUT2D eigenvalue weighted by Crippen LogP contribution is 2.19. The molecule has 17 heavy (non-hydrogen) atoms. The Bertz CT molecular complexity index is 479. The summed E-state index contributed by atoms with van der Waals surface area (Å²) in [6.45, 7) is 5.97. The largest absolute Gasteiger partial charge is 0.356 e. The highest BCUT2D eigenvalue weighted by Gasteiger charge is 2.32. The smallest absolute Gasteiger partial charge is 0.242 e. The zero-order chi connectivity index (χ0) is 13.3. The lowest BCUT2D eigenvalue weighted by atomic mass is 9.90. The molecular formula is C11H21N3O2S. The van der Waals surface area contributed by atoms with Crippen molar-refractivity contribution in [3.05, 3.63) is 18.5 Å². The van der Waals surface area contributed by atoms with Gasteiger partial charge in [0.2, 0.25) is 10.0 Å². The van der Waals surface area contributed by atoms with Crippen LogP contribution in [0, 0.1) is 5.92 Å². The van der Waals surface area contributed by atoms with Crippen molar-refractivity contribution >= 4 is 10.0 Å². The Balaban J connectivity index is 3.01. The van der Waals surface area contributed by atoms with Gasteiger partial charge < -0.3 is 10.3 Å². The first-order valence-electron chi connectivity index (χ1n) is 5.57. The fourth-order valence-electron chi connectivity index (χ4n) is 1.40. The topological polar surface area (TPSA) is 77.1 Å². The highest BCUT2D eigenvalue weighted by atomic mass is 32.2. The molecule has 0 aliphatic carbocycles. The molecule has 5 nitrogen and oxygen atoms in total. The molecule has 1 aromatic heterocycles. The van der Waals surface area contributed by atoms with Crippen LogP contribution < -0.4 is 10.5 Å². The molecule has 0 saturated heterocycles. The van der Waals surface area contributed by atoms with E-state index in [1.807, 2.05) is 20.8 Å². The molecule has 0 bridgehead atoms. The fraction of sp³-hybridized carbons (Fsp3) is 0.636. The molecule has 0 aliphatic heterocycles. The Kier molecular flexibility index (Phi) is 4.01. The zero-order valence-electron chi connectivity index (χ0n) is 10.8. The molecular weight excluding hydrogens is 238 g/mol. The maximum atomic E-state index is 12.1. The predicted molar refractivity (Wildman–Crippen MR) is 68.0 cm³/mol. The third kappa shape index (κ3) is 3.08. The molecule has 0 aliphatic rings. The van der Waals surface area contributed by atoms with E-state index < -0.39 is 15.6 Å². The van der Waals surface area contributed by atoms with E-state index in [0.717, 1.165) is 0 Å². The second kappa shape index (κ2) is 4.80. The summed E-state index contributed by atoms with van der Waals surface area (Å²) in [5.41, 5.74) is 5.04. The predicted octanol–water partition coefficient (Wildman–Crippen LogP) is 0.677. The molecule has 0 amide bonds. The molecule has 1 heterocycles. The lowest BCUT2D eigenvalue weighted by Crippen LogP contribution is -2.54. The average Bonchev–Trinajstić information content (AvgIpc) is 2.64. The van der Waals surface area contributed by atoms with Crippen molar-refractivity contribution in [2.45, 2.75) is 31.2 Å². The third-order valence-electron chi connectivity index (χ3n) is 3.18. The molecule has 0 saturated carbocycles. The second-order valence-electron chi connectivity index (χ2n) is 4.89. The van der Waals surface area contributed by atoms with Crippen LogP contribution in [-0.2, 0) is 17.1 Å². The van der Waals surface area contributed by atoms with E-state index >= 15 is 0 Å². The lowest BCUT2D eigenvalue weighted by Gasteiger charge is -2.32. The SMILES string of the molecule is CC(C)C(C)(CN)NS(=O)(=O)c1ccn(C)c1. The van der Waals surface area contributed by atoms with Crippen LogP contribution >= 0.6 is 0 Å². The first-order chi connectivity index (χ1) is 7.71. The maximum absolute atomic E-state index is 12.1. The Morgan fingerprint density at radius 1 is 1.53 bits per heavy atom. The number of nitrogens with two attached hydrogens (primary N) is 1. The van der Waals surface area contributed by atoms with Gasteiger partial charge in [0.05, 0.1) is 4.90 Å². The third-order valence-corrected chi connectivity index (χ3v) is 4.78. The van der Waals surface area contributed by atoms with E-state index in [1.165, 1.54) is 0 Å². The normalized spacial score (nSPS) is 16.1.